The molecule has 0 atom stereocenters. The molecule has 0 saturated heterocycles. The van der Waals surface area contributed by atoms with E-state index in [-0.39, 0.29) is 47.2 Å². The molecule has 1 amide bonds. The van der Waals surface area contributed by atoms with E-state index in [1.807, 2.05) is 0 Å². The molecule has 1 aromatic rings. The molecule has 0 aliphatic carbocycles. The lowest BCUT2D eigenvalue weighted by Crippen LogP contribution is -2.25. The summed E-state index contributed by atoms with van der Waals surface area (Å²) in [5, 5.41) is 5.03. The quantitative estimate of drug-likeness (QED) is 0.840. The summed E-state index contributed by atoms with van der Waals surface area (Å²) in [7, 11) is 1.58. The van der Waals surface area contributed by atoms with Crippen LogP contribution in [0.5, 0.6) is 0 Å². The minimum atomic E-state index is -4.37. The van der Waals surface area contributed by atoms with Gasteiger partial charge in [-0.15, -0.1) is 12.4 Å². The third-order valence-corrected chi connectivity index (χ3v) is 2.53. The summed E-state index contributed by atoms with van der Waals surface area (Å²) in [4.78, 5) is 11.2. The largest absolute Gasteiger partial charge is 0.446 e. The Kier molecular flexibility index (Phi) is 7.12. The highest BCUT2D eigenvalue weighted by atomic mass is 35.5. The van der Waals surface area contributed by atoms with Gasteiger partial charge >= 0.3 is 5.51 Å². The molecular weight excluding hydrogens is 289 g/mol. The average molecular weight is 301 g/mol. The van der Waals surface area contributed by atoms with Crippen molar-refractivity contribution >= 4 is 35.8 Å². The zero-order valence-electron chi connectivity index (χ0n) is 9.38. The van der Waals surface area contributed by atoms with E-state index in [0.29, 0.717) is 0 Å². The van der Waals surface area contributed by atoms with Crippen LogP contribution in [0.1, 0.15) is 0 Å². The number of amides is 1. The van der Waals surface area contributed by atoms with Gasteiger partial charge in [-0.05, 0) is 30.9 Å². The standard InChI is InChI=1S/C10H11F3N2OS.ClH/c1-14-6-9(16)15-7-4-2-3-5-8(7)17-10(11,12)13;/h2-5,14H,6H2,1H3,(H,15,16);1H. The number of thioether (sulfide) groups is 1. The molecule has 1 aromatic carbocycles. The van der Waals surface area contributed by atoms with Crippen LogP contribution in [0.25, 0.3) is 0 Å². The fourth-order valence-corrected chi connectivity index (χ4v) is 1.76. The Morgan fingerprint density at radius 2 is 1.94 bits per heavy atom. The van der Waals surface area contributed by atoms with Crippen LogP contribution in [0.3, 0.4) is 0 Å². The molecule has 0 bridgehead atoms. The van der Waals surface area contributed by atoms with Crippen LogP contribution in [-0.4, -0.2) is 25.0 Å². The Morgan fingerprint density at radius 3 is 2.50 bits per heavy atom. The van der Waals surface area contributed by atoms with Gasteiger partial charge in [0.1, 0.15) is 0 Å². The van der Waals surface area contributed by atoms with Crippen LogP contribution in [0.15, 0.2) is 29.2 Å². The molecule has 1 rings (SSSR count). The van der Waals surface area contributed by atoms with Crippen molar-refractivity contribution in [1.29, 1.82) is 0 Å². The van der Waals surface area contributed by atoms with Gasteiger partial charge in [-0.3, -0.25) is 4.79 Å². The minimum Gasteiger partial charge on any atom is -0.324 e. The van der Waals surface area contributed by atoms with E-state index in [4.69, 9.17) is 0 Å². The molecule has 0 saturated carbocycles. The maximum Gasteiger partial charge on any atom is 0.446 e. The second-order valence-electron chi connectivity index (χ2n) is 3.12. The van der Waals surface area contributed by atoms with E-state index in [2.05, 4.69) is 10.6 Å². The van der Waals surface area contributed by atoms with Crippen LogP contribution in [-0.2, 0) is 4.79 Å². The van der Waals surface area contributed by atoms with Crippen LogP contribution < -0.4 is 10.6 Å². The summed E-state index contributed by atoms with van der Waals surface area (Å²) in [6.45, 7) is 0.0466. The first-order chi connectivity index (χ1) is 7.92. The predicted molar refractivity (Wildman–Crippen MR) is 68.2 cm³/mol. The van der Waals surface area contributed by atoms with Crippen molar-refractivity contribution in [2.45, 2.75) is 10.4 Å². The molecule has 0 unspecified atom stereocenters. The number of alkyl halides is 3. The third kappa shape index (κ3) is 6.13. The van der Waals surface area contributed by atoms with E-state index in [9.17, 15) is 18.0 Å². The lowest BCUT2D eigenvalue weighted by Gasteiger charge is -2.11. The number of carbonyl (C=O) groups is 1. The van der Waals surface area contributed by atoms with Crippen molar-refractivity contribution in [3.63, 3.8) is 0 Å². The Labute approximate surface area is 113 Å². The van der Waals surface area contributed by atoms with Crippen molar-refractivity contribution in [1.82, 2.24) is 5.32 Å². The SMILES string of the molecule is CNCC(=O)Nc1ccccc1SC(F)(F)F.Cl. The first kappa shape index (κ1) is 17.1. The van der Waals surface area contributed by atoms with Gasteiger partial charge in [0.2, 0.25) is 5.91 Å². The molecule has 0 radical (unpaired) electrons. The summed E-state index contributed by atoms with van der Waals surface area (Å²) < 4.78 is 36.7. The van der Waals surface area contributed by atoms with E-state index >= 15 is 0 Å². The van der Waals surface area contributed by atoms with Gasteiger partial charge < -0.3 is 10.6 Å². The Morgan fingerprint density at radius 1 is 1.33 bits per heavy atom. The fraction of sp³-hybridized carbons (Fsp3) is 0.300. The monoisotopic (exact) mass is 300 g/mol. The molecule has 0 spiro atoms. The molecule has 102 valence electrons. The first-order valence-corrected chi connectivity index (χ1v) is 5.53. The van der Waals surface area contributed by atoms with E-state index in [0.717, 1.165) is 0 Å². The van der Waals surface area contributed by atoms with Crippen molar-refractivity contribution < 1.29 is 18.0 Å². The van der Waals surface area contributed by atoms with Gasteiger partial charge in [-0.25, -0.2) is 0 Å². The zero-order valence-corrected chi connectivity index (χ0v) is 11.0. The lowest BCUT2D eigenvalue weighted by atomic mass is 10.3. The number of likely N-dealkylation sites (N-methyl/N-ethyl adjacent to an activating group) is 1. The normalized spacial score (nSPS) is 10.7. The Balaban J connectivity index is 0.00000289. The number of benzene rings is 1. The number of halogens is 4. The van der Waals surface area contributed by atoms with E-state index in [1.54, 1.807) is 13.1 Å². The molecular formula is C10H12ClF3N2OS. The van der Waals surface area contributed by atoms with Crippen LogP contribution in [0, 0.1) is 0 Å². The average Bonchev–Trinajstić information content (AvgIpc) is 2.19. The lowest BCUT2D eigenvalue weighted by molar-refractivity contribution is -0.115. The molecule has 0 fully saturated rings. The van der Waals surface area contributed by atoms with Crippen LogP contribution >= 0.6 is 24.2 Å². The van der Waals surface area contributed by atoms with Gasteiger partial charge in [-0.2, -0.15) is 13.2 Å². The van der Waals surface area contributed by atoms with Crippen molar-refractivity contribution in [3.05, 3.63) is 24.3 Å². The number of para-hydroxylation sites is 1. The molecule has 0 heterocycles. The molecule has 3 nitrogen and oxygen atoms in total. The van der Waals surface area contributed by atoms with Gasteiger partial charge in [0.15, 0.2) is 0 Å². The highest BCUT2D eigenvalue weighted by Gasteiger charge is 2.30. The topological polar surface area (TPSA) is 41.1 Å². The minimum absolute atomic E-state index is 0. The summed E-state index contributed by atoms with van der Waals surface area (Å²) in [6.07, 6.45) is 0. The smallest absolute Gasteiger partial charge is 0.324 e. The van der Waals surface area contributed by atoms with Crippen molar-refractivity contribution in [3.8, 4) is 0 Å². The number of rotatable bonds is 4. The number of hydrogen-bond acceptors (Lipinski definition) is 3. The number of anilines is 1. The fourth-order valence-electron chi connectivity index (χ4n) is 1.14. The molecule has 8 heteroatoms. The summed E-state index contributed by atoms with van der Waals surface area (Å²) >= 11 is -0.248. The molecule has 0 aliphatic rings. The van der Waals surface area contributed by atoms with Gasteiger partial charge in [-0.1, -0.05) is 12.1 Å². The molecule has 2 N–H and O–H groups in total. The van der Waals surface area contributed by atoms with E-state index in [1.165, 1.54) is 18.2 Å². The van der Waals surface area contributed by atoms with Gasteiger partial charge in [0.05, 0.1) is 12.2 Å². The Bertz CT molecular complexity index is 401. The van der Waals surface area contributed by atoms with Gasteiger partial charge in [0, 0.05) is 4.90 Å². The summed E-state index contributed by atoms with van der Waals surface area (Å²) in [5.74, 6) is -0.386. The number of nitrogens with one attached hydrogen (secondary N) is 2. The molecule has 0 aliphatic heterocycles. The second-order valence-corrected chi connectivity index (χ2v) is 4.23. The van der Waals surface area contributed by atoms with Crippen LogP contribution in [0.4, 0.5) is 18.9 Å². The molecule has 0 aromatic heterocycles. The van der Waals surface area contributed by atoms with Crippen molar-refractivity contribution in [2.75, 3.05) is 18.9 Å². The maximum absolute atomic E-state index is 12.2. The maximum atomic E-state index is 12.2. The summed E-state index contributed by atoms with van der Waals surface area (Å²) in [6, 6.07) is 5.80. The predicted octanol–water partition coefficient (Wildman–Crippen LogP) is 2.88. The number of hydrogen-bond donors (Lipinski definition) is 2. The third-order valence-electron chi connectivity index (χ3n) is 1.72. The highest BCUT2D eigenvalue weighted by molar-refractivity contribution is 8.00. The van der Waals surface area contributed by atoms with E-state index < -0.39 is 5.51 Å². The number of carbonyl (C=O) groups excluding carboxylic acids is 1. The van der Waals surface area contributed by atoms with Crippen molar-refractivity contribution in [2.24, 2.45) is 0 Å². The first-order valence-electron chi connectivity index (χ1n) is 4.71. The zero-order chi connectivity index (χ0) is 12.9. The van der Waals surface area contributed by atoms with Gasteiger partial charge in [0.25, 0.3) is 0 Å². The highest BCUT2D eigenvalue weighted by Crippen LogP contribution is 2.40. The second kappa shape index (κ2) is 7.50. The molecule has 18 heavy (non-hydrogen) atoms. The summed E-state index contributed by atoms with van der Waals surface area (Å²) in [5.41, 5.74) is -4.21. The Hall–Kier alpha value is -0.920. The van der Waals surface area contributed by atoms with Crippen LogP contribution in [0.2, 0.25) is 0 Å².